The van der Waals surface area contributed by atoms with Gasteiger partial charge in [-0.2, -0.15) is 0 Å². The first kappa shape index (κ1) is 16.4. The highest BCUT2D eigenvalue weighted by Crippen LogP contribution is 2.32. The molecule has 1 saturated carbocycles. The SMILES string of the molecule is O=C(Nc1cccc2c1CCCC2)NC1CCN(C(=O)C2CC2)CC1. The largest absolute Gasteiger partial charge is 0.342 e. The van der Waals surface area contributed by atoms with Crippen molar-refractivity contribution in [2.45, 2.75) is 57.4 Å². The highest BCUT2D eigenvalue weighted by Gasteiger charge is 2.35. The summed E-state index contributed by atoms with van der Waals surface area (Å²) in [6, 6.07) is 6.24. The van der Waals surface area contributed by atoms with Crippen molar-refractivity contribution >= 4 is 17.6 Å². The van der Waals surface area contributed by atoms with Gasteiger partial charge < -0.3 is 15.5 Å². The number of piperidine rings is 1. The molecule has 2 aliphatic carbocycles. The average Bonchev–Trinajstić information content (AvgIpc) is 3.47. The van der Waals surface area contributed by atoms with Crippen LogP contribution < -0.4 is 10.6 Å². The fourth-order valence-electron chi connectivity index (χ4n) is 4.07. The molecule has 0 aromatic heterocycles. The number of hydrogen-bond acceptors (Lipinski definition) is 2. The predicted molar refractivity (Wildman–Crippen MR) is 97.6 cm³/mol. The van der Waals surface area contributed by atoms with E-state index in [0.717, 1.165) is 57.3 Å². The van der Waals surface area contributed by atoms with Crippen molar-refractivity contribution in [1.29, 1.82) is 0 Å². The van der Waals surface area contributed by atoms with E-state index in [2.05, 4.69) is 16.7 Å². The fraction of sp³-hybridized carbons (Fsp3) is 0.600. The highest BCUT2D eigenvalue weighted by atomic mass is 16.2. The van der Waals surface area contributed by atoms with E-state index < -0.39 is 0 Å². The van der Waals surface area contributed by atoms with Gasteiger partial charge in [-0.25, -0.2) is 4.79 Å². The average molecular weight is 341 g/mol. The van der Waals surface area contributed by atoms with Crippen molar-refractivity contribution in [3.63, 3.8) is 0 Å². The summed E-state index contributed by atoms with van der Waals surface area (Å²) in [4.78, 5) is 26.5. The van der Waals surface area contributed by atoms with E-state index in [1.165, 1.54) is 24.0 Å². The van der Waals surface area contributed by atoms with E-state index in [9.17, 15) is 9.59 Å². The highest BCUT2D eigenvalue weighted by molar-refractivity contribution is 5.90. The number of likely N-dealkylation sites (tertiary alicyclic amines) is 1. The Morgan fingerprint density at radius 2 is 1.76 bits per heavy atom. The third kappa shape index (κ3) is 3.80. The molecule has 2 fully saturated rings. The molecule has 1 saturated heterocycles. The molecule has 0 radical (unpaired) electrons. The molecule has 5 heteroatoms. The maximum atomic E-state index is 12.4. The summed E-state index contributed by atoms with van der Waals surface area (Å²) in [5, 5.41) is 6.14. The molecular formula is C20H27N3O2. The van der Waals surface area contributed by atoms with E-state index >= 15 is 0 Å². The summed E-state index contributed by atoms with van der Waals surface area (Å²) in [5.41, 5.74) is 3.63. The topological polar surface area (TPSA) is 61.4 Å². The Morgan fingerprint density at radius 1 is 1.00 bits per heavy atom. The molecule has 3 aliphatic rings. The number of nitrogens with one attached hydrogen (secondary N) is 2. The first-order chi connectivity index (χ1) is 12.2. The smallest absolute Gasteiger partial charge is 0.319 e. The quantitative estimate of drug-likeness (QED) is 0.887. The maximum absolute atomic E-state index is 12.4. The first-order valence-corrected chi connectivity index (χ1v) is 9.68. The normalized spacial score (nSPS) is 20.7. The van der Waals surface area contributed by atoms with Crippen LogP contribution in [0.3, 0.4) is 0 Å². The van der Waals surface area contributed by atoms with Crippen molar-refractivity contribution in [2.75, 3.05) is 18.4 Å². The predicted octanol–water partition coefficient (Wildman–Crippen LogP) is 3.09. The van der Waals surface area contributed by atoms with Crippen molar-refractivity contribution in [3.05, 3.63) is 29.3 Å². The summed E-state index contributed by atoms with van der Waals surface area (Å²) in [6.45, 7) is 1.53. The minimum atomic E-state index is -0.119. The number of rotatable bonds is 3. The summed E-state index contributed by atoms with van der Waals surface area (Å²) in [6.07, 6.45) is 8.40. The Morgan fingerprint density at radius 3 is 2.52 bits per heavy atom. The zero-order chi connectivity index (χ0) is 17.2. The molecule has 5 nitrogen and oxygen atoms in total. The Balaban J connectivity index is 1.29. The van der Waals surface area contributed by atoms with Crippen molar-refractivity contribution in [1.82, 2.24) is 10.2 Å². The number of aryl methyl sites for hydroxylation is 1. The maximum Gasteiger partial charge on any atom is 0.319 e. The van der Waals surface area contributed by atoms with Crippen LogP contribution in [-0.4, -0.2) is 36.0 Å². The van der Waals surface area contributed by atoms with Crippen LogP contribution in [0.1, 0.15) is 49.7 Å². The third-order valence-electron chi connectivity index (χ3n) is 5.71. The van der Waals surface area contributed by atoms with Gasteiger partial charge >= 0.3 is 6.03 Å². The second kappa shape index (κ2) is 7.06. The molecule has 1 aromatic rings. The number of anilines is 1. The van der Waals surface area contributed by atoms with Gasteiger partial charge in [0.25, 0.3) is 0 Å². The van der Waals surface area contributed by atoms with E-state index in [1.807, 2.05) is 17.0 Å². The Bertz CT molecular complexity index is 661. The molecular weight excluding hydrogens is 314 g/mol. The van der Waals surface area contributed by atoms with Crippen LogP contribution in [0.5, 0.6) is 0 Å². The van der Waals surface area contributed by atoms with Crippen molar-refractivity contribution < 1.29 is 9.59 Å². The molecule has 4 rings (SSSR count). The minimum Gasteiger partial charge on any atom is -0.342 e. The Hall–Kier alpha value is -2.04. The molecule has 0 spiro atoms. The number of carbonyl (C=O) groups excluding carboxylic acids is 2. The van der Waals surface area contributed by atoms with Gasteiger partial charge in [0.1, 0.15) is 0 Å². The Labute approximate surface area is 149 Å². The lowest BCUT2D eigenvalue weighted by molar-refractivity contribution is -0.133. The lowest BCUT2D eigenvalue weighted by Crippen LogP contribution is -2.48. The third-order valence-corrected chi connectivity index (χ3v) is 5.71. The van der Waals surface area contributed by atoms with Crippen LogP contribution in [0.15, 0.2) is 18.2 Å². The summed E-state index contributed by atoms with van der Waals surface area (Å²) >= 11 is 0. The van der Waals surface area contributed by atoms with Crippen LogP contribution >= 0.6 is 0 Å². The molecule has 1 aliphatic heterocycles. The van der Waals surface area contributed by atoms with Crippen LogP contribution in [0.2, 0.25) is 0 Å². The molecule has 25 heavy (non-hydrogen) atoms. The Kier molecular flexibility index (Phi) is 4.64. The van der Waals surface area contributed by atoms with Crippen LogP contribution in [0.25, 0.3) is 0 Å². The van der Waals surface area contributed by atoms with Gasteiger partial charge in [-0.15, -0.1) is 0 Å². The molecule has 1 heterocycles. The number of urea groups is 1. The lowest BCUT2D eigenvalue weighted by Gasteiger charge is -2.32. The van der Waals surface area contributed by atoms with Gasteiger partial charge in [0, 0.05) is 30.7 Å². The summed E-state index contributed by atoms with van der Waals surface area (Å²) < 4.78 is 0. The van der Waals surface area contributed by atoms with E-state index in [0.29, 0.717) is 5.91 Å². The monoisotopic (exact) mass is 341 g/mol. The zero-order valence-corrected chi connectivity index (χ0v) is 14.7. The molecule has 134 valence electrons. The first-order valence-electron chi connectivity index (χ1n) is 9.68. The fourth-order valence-corrected chi connectivity index (χ4v) is 4.07. The number of carbonyl (C=O) groups is 2. The number of benzene rings is 1. The van der Waals surface area contributed by atoms with Crippen LogP contribution in [0, 0.1) is 5.92 Å². The molecule has 0 bridgehead atoms. The van der Waals surface area contributed by atoms with Gasteiger partial charge in [0.15, 0.2) is 0 Å². The second-order valence-electron chi connectivity index (χ2n) is 7.62. The number of amides is 3. The summed E-state index contributed by atoms with van der Waals surface area (Å²) in [5.74, 6) is 0.607. The van der Waals surface area contributed by atoms with Crippen molar-refractivity contribution in [2.24, 2.45) is 5.92 Å². The van der Waals surface area contributed by atoms with E-state index in [1.54, 1.807) is 0 Å². The lowest BCUT2D eigenvalue weighted by atomic mass is 9.90. The standard InChI is InChI=1S/C20H27N3O2/c24-19(15-8-9-15)23-12-10-16(11-13-23)21-20(25)22-18-7-3-5-14-4-1-2-6-17(14)18/h3,5,7,15-16H,1-2,4,6,8-13H2,(H2,21,22,25). The molecule has 2 N–H and O–H groups in total. The minimum absolute atomic E-state index is 0.119. The van der Waals surface area contributed by atoms with Gasteiger partial charge in [-0.05, 0) is 68.6 Å². The second-order valence-corrected chi connectivity index (χ2v) is 7.62. The van der Waals surface area contributed by atoms with Gasteiger partial charge in [0.2, 0.25) is 5.91 Å². The molecule has 0 atom stereocenters. The molecule has 1 aromatic carbocycles. The van der Waals surface area contributed by atoms with Gasteiger partial charge in [-0.3, -0.25) is 4.79 Å². The van der Waals surface area contributed by atoms with Crippen LogP contribution in [-0.2, 0) is 17.6 Å². The van der Waals surface area contributed by atoms with Gasteiger partial charge in [-0.1, -0.05) is 12.1 Å². The van der Waals surface area contributed by atoms with Crippen molar-refractivity contribution in [3.8, 4) is 0 Å². The number of fused-ring (bicyclic) bond motifs is 1. The van der Waals surface area contributed by atoms with E-state index in [-0.39, 0.29) is 18.0 Å². The molecule has 3 amide bonds. The van der Waals surface area contributed by atoms with E-state index in [4.69, 9.17) is 0 Å². The molecule has 0 unspecified atom stereocenters. The zero-order valence-electron chi connectivity index (χ0n) is 14.7. The van der Waals surface area contributed by atoms with Gasteiger partial charge in [0.05, 0.1) is 0 Å². The number of hydrogen-bond donors (Lipinski definition) is 2. The number of nitrogens with zero attached hydrogens (tertiary/aromatic N) is 1. The summed E-state index contributed by atoms with van der Waals surface area (Å²) in [7, 11) is 0. The van der Waals surface area contributed by atoms with Crippen LogP contribution in [0.4, 0.5) is 10.5 Å².